The summed E-state index contributed by atoms with van der Waals surface area (Å²) in [7, 11) is 0. The van der Waals surface area contributed by atoms with Crippen molar-refractivity contribution in [2.24, 2.45) is 0 Å². The molecule has 40 heavy (non-hydrogen) atoms. The fraction of sp³-hybridized carbons (Fsp3) is 0.312. The first-order chi connectivity index (χ1) is 19.4. The standard InChI is InChI=1S/C32H36FN3O4/c1-4-15-40-30-14-11-23(21-7-9-22(10-8-21)32(39)36(5-2)6-3)17-28(30)31(38)35-26(20-37)16-24-19-34-29-13-12-25(33)18-27(24)29/h7-14,17-19,26,34,37H,4-6,15-16,20H2,1-3H3,(H,35,38). The van der Waals surface area contributed by atoms with Crippen LogP contribution in [0.5, 0.6) is 5.75 Å². The molecule has 0 aliphatic heterocycles. The largest absolute Gasteiger partial charge is 0.493 e. The lowest BCUT2D eigenvalue weighted by Gasteiger charge is -2.19. The smallest absolute Gasteiger partial charge is 0.255 e. The highest BCUT2D eigenvalue weighted by molar-refractivity contribution is 5.99. The highest BCUT2D eigenvalue weighted by Gasteiger charge is 2.20. The first-order valence-electron chi connectivity index (χ1n) is 13.7. The number of nitrogens with zero attached hydrogens (tertiary/aromatic N) is 1. The number of benzene rings is 3. The average molecular weight is 546 g/mol. The normalized spacial score (nSPS) is 11.8. The molecule has 4 aromatic rings. The monoisotopic (exact) mass is 545 g/mol. The minimum atomic E-state index is -0.595. The highest BCUT2D eigenvalue weighted by atomic mass is 19.1. The molecule has 1 unspecified atom stereocenters. The number of ether oxygens (including phenoxy) is 1. The lowest BCUT2D eigenvalue weighted by atomic mass is 10.00. The van der Waals surface area contributed by atoms with Crippen LogP contribution in [0.3, 0.4) is 0 Å². The summed E-state index contributed by atoms with van der Waals surface area (Å²) in [6.07, 6.45) is 2.86. The number of carbonyl (C=O) groups is 2. The Morgan fingerprint density at radius 2 is 1.73 bits per heavy atom. The van der Waals surface area contributed by atoms with E-state index in [9.17, 15) is 19.1 Å². The van der Waals surface area contributed by atoms with Crippen molar-refractivity contribution in [1.29, 1.82) is 0 Å². The molecule has 0 aliphatic rings. The number of hydrogen-bond donors (Lipinski definition) is 3. The summed E-state index contributed by atoms with van der Waals surface area (Å²) < 4.78 is 19.7. The van der Waals surface area contributed by atoms with E-state index in [1.165, 1.54) is 12.1 Å². The molecule has 7 nitrogen and oxygen atoms in total. The van der Waals surface area contributed by atoms with Crippen molar-refractivity contribution >= 4 is 22.7 Å². The van der Waals surface area contributed by atoms with E-state index in [1.54, 1.807) is 41.4 Å². The molecule has 0 saturated carbocycles. The van der Waals surface area contributed by atoms with E-state index in [4.69, 9.17) is 4.74 Å². The first-order valence-corrected chi connectivity index (χ1v) is 13.7. The molecule has 2 amide bonds. The molecule has 0 saturated heterocycles. The van der Waals surface area contributed by atoms with Gasteiger partial charge in [0.2, 0.25) is 0 Å². The summed E-state index contributed by atoms with van der Waals surface area (Å²) in [6.45, 7) is 7.33. The molecular formula is C32H36FN3O4. The Hall–Kier alpha value is -4.17. The van der Waals surface area contributed by atoms with Crippen molar-refractivity contribution in [3.8, 4) is 16.9 Å². The van der Waals surface area contributed by atoms with Crippen molar-refractivity contribution in [2.45, 2.75) is 39.7 Å². The predicted octanol–water partition coefficient (Wildman–Crippen LogP) is 5.58. The maximum absolute atomic E-state index is 13.8. The number of H-pyrrole nitrogens is 1. The third kappa shape index (κ3) is 6.51. The SMILES string of the molecule is CCCOc1ccc(-c2ccc(C(=O)N(CC)CC)cc2)cc1C(=O)NC(CO)Cc1c[nH]c2ccc(F)cc12. The van der Waals surface area contributed by atoms with Crippen LogP contribution < -0.4 is 10.1 Å². The Kier molecular flexibility index (Phi) is 9.56. The minimum absolute atomic E-state index is 0.0204. The third-order valence-corrected chi connectivity index (χ3v) is 6.95. The number of aromatic amines is 1. The summed E-state index contributed by atoms with van der Waals surface area (Å²) in [6, 6.07) is 16.6. The van der Waals surface area contributed by atoms with Gasteiger partial charge in [-0.3, -0.25) is 9.59 Å². The lowest BCUT2D eigenvalue weighted by Crippen LogP contribution is -2.39. The number of carbonyl (C=O) groups excluding carboxylic acids is 2. The Morgan fingerprint density at radius 1 is 1.00 bits per heavy atom. The van der Waals surface area contributed by atoms with Crippen LogP contribution in [0.2, 0.25) is 0 Å². The van der Waals surface area contributed by atoms with Crippen LogP contribution in [0.15, 0.2) is 66.9 Å². The maximum Gasteiger partial charge on any atom is 0.255 e. The summed E-state index contributed by atoms with van der Waals surface area (Å²) in [5.41, 5.74) is 4.18. The van der Waals surface area contributed by atoms with Crippen LogP contribution in [0, 0.1) is 5.82 Å². The van der Waals surface area contributed by atoms with Gasteiger partial charge >= 0.3 is 0 Å². The van der Waals surface area contributed by atoms with Gasteiger partial charge in [0.25, 0.3) is 11.8 Å². The van der Waals surface area contributed by atoms with Crippen LogP contribution >= 0.6 is 0 Å². The molecule has 1 heterocycles. The molecular weight excluding hydrogens is 509 g/mol. The number of aromatic nitrogens is 1. The number of hydrogen-bond acceptors (Lipinski definition) is 4. The molecule has 3 aromatic carbocycles. The number of amides is 2. The Morgan fingerprint density at radius 3 is 2.40 bits per heavy atom. The van der Waals surface area contributed by atoms with Gasteiger partial charge in [0.15, 0.2) is 0 Å². The number of fused-ring (bicyclic) bond motifs is 1. The zero-order chi connectivity index (χ0) is 28.6. The molecule has 4 rings (SSSR count). The van der Waals surface area contributed by atoms with Gasteiger partial charge in [0, 0.05) is 35.8 Å². The number of aliphatic hydroxyl groups is 1. The second-order valence-corrected chi connectivity index (χ2v) is 9.68. The molecule has 3 N–H and O–H groups in total. The lowest BCUT2D eigenvalue weighted by molar-refractivity contribution is 0.0772. The number of rotatable bonds is 12. The molecule has 1 aromatic heterocycles. The first kappa shape index (κ1) is 28.8. The Bertz CT molecular complexity index is 1460. The van der Waals surface area contributed by atoms with Crippen LogP contribution in [0.4, 0.5) is 4.39 Å². The van der Waals surface area contributed by atoms with Crippen molar-refractivity contribution in [3.63, 3.8) is 0 Å². The van der Waals surface area contributed by atoms with E-state index in [-0.39, 0.29) is 24.2 Å². The summed E-state index contributed by atoms with van der Waals surface area (Å²) in [5.74, 6) is -0.306. The molecule has 210 valence electrons. The predicted molar refractivity (Wildman–Crippen MR) is 155 cm³/mol. The van der Waals surface area contributed by atoms with E-state index < -0.39 is 6.04 Å². The highest BCUT2D eigenvalue weighted by Crippen LogP contribution is 2.28. The second kappa shape index (κ2) is 13.3. The van der Waals surface area contributed by atoms with Gasteiger partial charge in [-0.15, -0.1) is 0 Å². The Labute approximate surface area is 234 Å². The van der Waals surface area contributed by atoms with Crippen molar-refractivity contribution < 1.29 is 23.8 Å². The Balaban J connectivity index is 1.57. The second-order valence-electron chi connectivity index (χ2n) is 9.68. The van der Waals surface area contributed by atoms with Crippen LogP contribution in [0.25, 0.3) is 22.0 Å². The van der Waals surface area contributed by atoms with Gasteiger partial charge in [0.1, 0.15) is 11.6 Å². The van der Waals surface area contributed by atoms with Crippen molar-refractivity contribution in [2.75, 3.05) is 26.3 Å². The third-order valence-electron chi connectivity index (χ3n) is 6.95. The molecule has 0 fully saturated rings. The summed E-state index contributed by atoms with van der Waals surface area (Å²) >= 11 is 0. The number of halogens is 1. The fourth-order valence-corrected chi connectivity index (χ4v) is 4.73. The molecule has 0 bridgehead atoms. The minimum Gasteiger partial charge on any atom is -0.493 e. The van der Waals surface area contributed by atoms with Crippen LogP contribution in [0.1, 0.15) is 53.5 Å². The number of aliphatic hydroxyl groups excluding tert-OH is 1. The maximum atomic E-state index is 13.8. The van der Waals surface area contributed by atoms with Gasteiger partial charge < -0.3 is 25.0 Å². The van der Waals surface area contributed by atoms with Gasteiger partial charge in [-0.05, 0) is 85.8 Å². The zero-order valence-corrected chi connectivity index (χ0v) is 23.2. The zero-order valence-electron chi connectivity index (χ0n) is 23.2. The molecule has 8 heteroatoms. The van der Waals surface area contributed by atoms with E-state index in [0.29, 0.717) is 48.4 Å². The molecule has 1 atom stereocenters. The van der Waals surface area contributed by atoms with Gasteiger partial charge in [-0.1, -0.05) is 25.1 Å². The molecule has 0 aliphatic carbocycles. The van der Waals surface area contributed by atoms with E-state index in [1.807, 2.05) is 39.0 Å². The van der Waals surface area contributed by atoms with Crippen LogP contribution in [-0.2, 0) is 6.42 Å². The molecule has 0 spiro atoms. The summed E-state index contributed by atoms with van der Waals surface area (Å²) in [5, 5.41) is 13.7. The van der Waals surface area contributed by atoms with Gasteiger partial charge in [-0.2, -0.15) is 0 Å². The van der Waals surface area contributed by atoms with E-state index >= 15 is 0 Å². The van der Waals surface area contributed by atoms with Gasteiger partial charge in [0.05, 0.1) is 24.8 Å². The molecule has 0 radical (unpaired) electrons. The van der Waals surface area contributed by atoms with E-state index in [2.05, 4.69) is 10.3 Å². The van der Waals surface area contributed by atoms with Crippen molar-refractivity contribution in [1.82, 2.24) is 15.2 Å². The quantitative estimate of drug-likeness (QED) is 0.217. The van der Waals surface area contributed by atoms with Gasteiger partial charge in [-0.25, -0.2) is 4.39 Å². The van der Waals surface area contributed by atoms with Crippen molar-refractivity contribution in [3.05, 3.63) is 89.4 Å². The summed E-state index contributed by atoms with van der Waals surface area (Å²) in [4.78, 5) is 31.1. The average Bonchev–Trinajstić information content (AvgIpc) is 3.37. The topological polar surface area (TPSA) is 94.7 Å². The van der Waals surface area contributed by atoms with Crippen LogP contribution in [-0.4, -0.2) is 59.1 Å². The van der Waals surface area contributed by atoms with E-state index in [0.717, 1.165) is 28.6 Å². The fourth-order valence-electron chi connectivity index (χ4n) is 4.73. The number of nitrogens with one attached hydrogen (secondary N) is 2.